The first-order valence-corrected chi connectivity index (χ1v) is 14.8. The summed E-state index contributed by atoms with van der Waals surface area (Å²) in [6, 6.07) is 20.6. The summed E-state index contributed by atoms with van der Waals surface area (Å²) in [6.07, 6.45) is 0.340. The highest BCUT2D eigenvalue weighted by Crippen LogP contribution is 2.27. The molecule has 0 spiro atoms. The molecule has 0 aliphatic rings. The van der Waals surface area contributed by atoms with Crippen molar-refractivity contribution in [3.8, 4) is 5.75 Å². The summed E-state index contributed by atoms with van der Waals surface area (Å²) in [6.45, 7) is 7.03. The predicted octanol–water partition coefficient (Wildman–Crippen LogP) is 5.27. The number of rotatable bonds is 11. The van der Waals surface area contributed by atoms with Crippen molar-refractivity contribution in [2.75, 3.05) is 18.0 Å². The zero-order valence-electron chi connectivity index (χ0n) is 23.4. The summed E-state index contributed by atoms with van der Waals surface area (Å²) in [5, 5.41) is 3.38. The van der Waals surface area contributed by atoms with E-state index in [0.717, 1.165) is 9.87 Å². The van der Waals surface area contributed by atoms with E-state index in [-0.39, 0.29) is 23.0 Å². The van der Waals surface area contributed by atoms with E-state index in [9.17, 15) is 18.0 Å². The van der Waals surface area contributed by atoms with Crippen LogP contribution in [0, 0.1) is 0 Å². The smallest absolute Gasteiger partial charge is 0.264 e. The third kappa shape index (κ3) is 7.99. The van der Waals surface area contributed by atoms with Crippen molar-refractivity contribution in [3.63, 3.8) is 0 Å². The van der Waals surface area contributed by atoms with Crippen molar-refractivity contribution < 1.29 is 22.7 Å². The normalized spacial score (nSPS) is 12.3. The molecule has 8 nitrogen and oxygen atoms in total. The second-order valence-electron chi connectivity index (χ2n) is 10.3. The Kier molecular flexibility index (Phi) is 10.2. The Balaban J connectivity index is 2.05. The van der Waals surface area contributed by atoms with E-state index in [0.29, 0.717) is 17.2 Å². The summed E-state index contributed by atoms with van der Waals surface area (Å²) in [4.78, 5) is 28.8. The molecule has 10 heteroatoms. The number of carbonyl (C=O) groups is 2. The molecule has 0 radical (unpaired) electrons. The average Bonchev–Trinajstić information content (AvgIpc) is 2.91. The van der Waals surface area contributed by atoms with Crippen LogP contribution in [0.3, 0.4) is 0 Å². The molecule has 0 saturated carbocycles. The number of benzene rings is 3. The van der Waals surface area contributed by atoms with Gasteiger partial charge in [0.15, 0.2) is 0 Å². The lowest BCUT2D eigenvalue weighted by molar-refractivity contribution is -0.141. The van der Waals surface area contributed by atoms with Crippen molar-refractivity contribution >= 4 is 39.1 Å². The molecule has 1 N–H and O–H groups in total. The third-order valence-electron chi connectivity index (χ3n) is 6.12. The highest BCUT2D eigenvalue weighted by atomic mass is 35.5. The molecule has 214 valence electrons. The standard InChI is InChI=1S/C30H36ClN3O5S/c1-6-27(29(36)32-30(2,3)4)33(20-22-10-8-7-9-11-22)28(35)21-34(24-14-12-23(31)13-15-24)40(37,38)26-18-16-25(39-5)17-19-26/h7-19,27H,6,20-21H2,1-5H3,(H,32,36). The van der Waals surface area contributed by atoms with Crippen LogP contribution in [-0.4, -0.2) is 50.4 Å². The molecule has 1 unspecified atom stereocenters. The van der Waals surface area contributed by atoms with E-state index in [4.69, 9.17) is 16.3 Å². The number of hydrogen-bond acceptors (Lipinski definition) is 5. The average molecular weight is 586 g/mol. The Morgan fingerprint density at radius 1 is 0.950 bits per heavy atom. The molecule has 3 aromatic carbocycles. The fourth-order valence-corrected chi connectivity index (χ4v) is 5.70. The van der Waals surface area contributed by atoms with E-state index >= 15 is 0 Å². The first-order chi connectivity index (χ1) is 18.9. The second-order valence-corrected chi connectivity index (χ2v) is 12.6. The SMILES string of the molecule is CCC(C(=O)NC(C)(C)C)N(Cc1ccccc1)C(=O)CN(c1ccc(Cl)cc1)S(=O)(=O)c1ccc(OC)cc1. The van der Waals surface area contributed by atoms with Crippen LogP contribution in [0.25, 0.3) is 0 Å². The van der Waals surface area contributed by atoms with Gasteiger partial charge in [-0.15, -0.1) is 0 Å². The molecule has 0 saturated heterocycles. The van der Waals surface area contributed by atoms with Crippen LogP contribution in [0.2, 0.25) is 5.02 Å². The van der Waals surface area contributed by atoms with Gasteiger partial charge in [0.05, 0.1) is 17.7 Å². The zero-order valence-corrected chi connectivity index (χ0v) is 25.0. The van der Waals surface area contributed by atoms with Gasteiger partial charge >= 0.3 is 0 Å². The number of halogens is 1. The molecule has 1 atom stereocenters. The van der Waals surface area contributed by atoms with Gasteiger partial charge in [0.2, 0.25) is 11.8 Å². The van der Waals surface area contributed by atoms with Gasteiger partial charge in [-0.3, -0.25) is 13.9 Å². The van der Waals surface area contributed by atoms with Crippen molar-refractivity contribution in [1.29, 1.82) is 0 Å². The van der Waals surface area contributed by atoms with E-state index < -0.39 is 34.1 Å². The first-order valence-electron chi connectivity index (χ1n) is 12.9. The van der Waals surface area contributed by atoms with Gasteiger partial charge in [-0.1, -0.05) is 48.9 Å². The molecule has 0 heterocycles. The summed E-state index contributed by atoms with van der Waals surface area (Å²) >= 11 is 6.07. The number of anilines is 1. The lowest BCUT2D eigenvalue weighted by Gasteiger charge is -2.34. The Labute approximate surface area is 241 Å². The number of nitrogens with one attached hydrogen (secondary N) is 1. The van der Waals surface area contributed by atoms with Crippen molar-refractivity contribution in [2.45, 2.75) is 57.1 Å². The molecule has 3 rings (SSSR count). The van der Waals surface area contributed by atoms with Gasteiger partial charge in [-0.2, -0.15) is 0 Å². The van der Waals surface area contributed by atoms with Crippen LogP contribution in [0.4, 0.5) is 5.69 Å². The summed E-state index contributed by atoms with van der Waals surface area (Å²) in [5.74, 6) is -0.333. The Morgan fingerprint density at radius 2 is 1.55 bits per heavy atom. The van der Waals surface area contributed by atoms with E-state index in [1.54, 1.807) is 36.4 Å². The topological polar surface area (TPSA) is 96.0 Å². The van der Waals surface area contributed by atoms with E-state index in [1.165, 1.54) is 24.1 Å². The molecule has 0 bridgehead atoms. The van der Waals surface area contributed by atoms with E-state index in [2.05, 4.69) is 5.32 Å². The van der Waals surface area contributed by atoms with Gasteiger partial charge in [0.25, 0.3) is 10.0 Å². The molecular weight excluding hydrogens is 550 g/mol. The zero-order chi connectivity index (χ0) is 29.5. The van der Waals surface area contributed by atoms with Gasteiger partial charge < -0.3 is 15.0 Å². The minimum atomic E-state index is -4.19. The van der Waals surface area contributed by atoms with Gasteiger partial charge in [-0.25, -0.2) is 8.42 Å². The lowest BCUT2D eigenvalue weighted by Crippen LogP contribution is -2.55. The Hall–Kier alpha value is -3.56. The summed E-state index contributed by atoms with van der Waals surface area (Å²) in [5.41, 5.74) is 0.563. The van der Waals surface area contributed by atoms with E-state index in [1.807, 2.05) is 58.0 Å². The number of ether oxygens (including phenoxy) is 1. The van der Waals surface area contributed by atoms with Crippen LogP contribution < -0.4 is 14.4 Å². The maximum atomic E-state index is 14.0. The number of amides is 2. The fourth-order valence-electron chi connectivity index (χ4n) is 4.16. The highest BCUT2D eigenvalue weighted by molar-refractivity contribution is 7.92. The molecule has 3 aromatic rings. The van der Waals surface area contributed by atoms with Crippen LogP contribution in [0.1, 0.15) is 39.7 Å². The third-order valence-corrected chi connectivity index (χ3v) is 8.16. The predicted molar refractivity (Wildman–Crippen MR) is 158 cm³/mol. The molecular formula is C30H36ClN3O5S. The first kappa shape index (κ1) is 31.0. The number of nitrogens with zero attached hydrogens (tertiary/aromatic N) is 2. The molecule has 0 aromatic heterocycles. The Morgan fingerprint density at radius 3 is 2.08 bits per heavy atom. The van der Waals surface area contributed by atoms with Crippen LogP contribution in [0.15, 0.2) is 83.8 Å². The van der Waals surface area contributed by atoms with Crippen LogP contribution in [0.5, 0.6) is 5.75 Å². The molecule has 0 aliphatic heterocycles. The molecule has 0 aliphatic carbocycles. The number of sulfonamides is 1. The highest BCUT2D eigenvalue weighted by Gasteiger charge is 2.34. The summed E-state index contributed by atoms with van der Waals surface area (Å²) in [7, 11) is -2.70. The maximum Gasteiger partial charge on any atom is 0.264 e. The lowest BCUT2D eigenvalue weighted by atomic mass is 10.1. The van der Waals surface area contributed by atoms with Crippen molar-refractivity contribution in [3.05, 3.63) is 89.4 Å². The Bertz CT molecular complexity index is 1390. The van der Waals surface area contributed by atoms with Gasteiger partial charge in [-0.05, 0) is 81.3 Å². The fraction of sp³-hybridized carbons (Fsp3) is 0.333. The van der Waals surface area contributed by atoms with Gasteiger partial charge in [0.1, 0.15) is 18.3 Å². The number of methoxy groups -OCH3 is 1. The minimum absolute atomic E-state index is 0.0109. The number of hydrogen-bond donors (Lipinski definition) is 1. The largest absolute Gasteiger partial charge is 0.497 e. The second kappa shape index (κ2) is 13.2. The molecule has 0 fully saturated rings. The molecule has 40 heavy (non-hydrogen) atoms. The van der Waals surface area contributed by atoms with Crippen LogP contribution in [-0.2, 0) is 26.2 Å². The van der Waals surface area contributed by atoms with Crippen molar-refractivity contribution in [1.82, 2.24) is 10.2 Å². The monoisotopic (exact) mass is 585 g/mol. The van der Waals surface area contributed by atoms with Crippen LogP contribution >= 0.6 is 11.6 Å². The maximum absolute atomic E-state index is 14.0. The van der Waals surface area contributed by atoms with Crippen molar-refractivity contribution in [2.24, 2.45) is 0 Å². The minimum Gasteiger partial charge on any atom is -0.497 e. The van der Waals surface area contributed by atoms with Gasteiger partial charge in [0, 0.05) is 17.1 Å². The number of carbonyl (C=O) groups excluding carboxylic acids is 2. The molecule has 2 amide bonds. The summed E-state index contributed by atoms with van der Waals surface area (Å²) < 4.78 is 34.0. The quantitative estimate of drug-likeness (QED) is 0.331.